The Morgan fingerprint density at radius 2 is 2.05 bits per heavy atom. The first-order chi connectivity index (χ1) is 9.58. The van der Waals surface area contributed by atoms with Crippen molar-refractivity contribution in [2.75, 3.05) is 7.05 Å². The summed E-state index contributed by atoms with van der Waals surface area (Å²) in [5, 5.41) is 2.99. The molecular weight excluding hydrogens is 280 g/mol. The van der Waals surface area contributed by atoms with E-state index in [1.807, 2.05) is 7.05 Å². The highest BCUT2D eigenvalue weighted by Gasteiger charge is 2.40. The highest BCUT2D eigenvalue weighted by molar-refractivity contribution is 6.30. The number of halogens is 3. The van der Waals surface area contributed by atoms with Crippen LogP contribution in [0, 0.1) is 29.4 Å². The van der Waals surface area contributed by atoms with Crippen LogP contribution in [0.2, 0.25) is 5.02 Å². The standard InChI is InChI=1S/C16H20ClF2N/c1-20-16(6-11-5-9-2-3-10(11)4-9)12-7-15(19)13(17)8-14(12)18/h7-11,16,20H,2-6H2,1H3. The largest absolute Gasteiger partial charge is 0.313 e. The van der Waals surface area contributed by atoms with Crippen molar-refractivity contribution >= 4 is 11.6 Å². The molecule has 1 aromatic carbocycles. The van der Waals surface area contributed by atoms with Crippen molar-refractivity contribution in [2.24, 2.45) is 17.8 Å². The monoisotopic (exact) mass is 299 g/mol. The summed E-state index contributed by atoms with van der Waals surface area (Å²) >= 11 is 5.62. The maximum atomic E-state index is 14.0. The van der Waals surface area contributed by atoms with Crippen LogP contribution in [0.25, 0.3) is 0 Å². The predicted octanol–water partition coefficient (Wildman–Crippen LogP) is 4.71. The van der Waals surface area contributed by atoms with Crippen LogP contribution in [0.1, 0.15) is 43.7 Å². The van der Waals surface area contributed by atoms with Gasteiger partial charge in [0.1, 0.15) is 11.6 Å². The minimum Gasteiger partial charge on any atom is -0.313 e. The van der Waals surface area contributed by atoms with Crippen molar-refractivity contribution in [1.82, 2.24) is 5.32 Å². The van der Waals surface area contributed by atoms with Gasteiger partial charge in [-0.15, -0.1) is 0 Å². The molecule has 0 amide bonds. The van der Waals surface area contributed by atoms with E-state index < -0.39 is 11.6 Å². The molecule has 20 heavy (non-hydrogen) atoms. The van der Waals surface area contributed by atoms with Crippen LogP contribution < -0.4 is 5.32 Å². The fraction of sp³-hybridized carbons (Fsp3) is 0.625. The van der Waals surface area contributed by atoms with Crippen LogP contribution in [-0.4, -0.2) is 7.05 Å². The molecule has 2 saturated carbocycles. The average Bonchev–Trinajstić information content (AvgIpc) is 3.03. The number of rotatable bonds is 4. The molecule has 1 N–H and O–H groups in total. The first-order valence-corrected chi connectivity index (χ1v) is 7.78. The highest BCUT2D eigenvalue weighted by atomic mass is 35.5. The van der Waals surface area contributed by atoms with Gasteiger partial charge in [-0.3, -0.25) is 0 Å². The van der Waals surface area contributed by atoms with Crippen molar-refractivity contribution in [1.29, 1.82) is 0 Å². The molecule has 4 atom stereocenters. The summed E-state index contributed by atoms with van der Waals surface area (Å²) < 4.78 is 27.6. The number of hydrogen-bond acceptors (Lipinski definition) is 1. The fourth-order valence-corrected chi connectivity index (χ4v) is 4.32. The molecule has 110 valence electrons. The summed E-state index contributed by atoms with van der Waals surface area (Å²) in [5.74, 6) is 1.34. The molecule has 2 aliphatic rings. The Hall–Kier alpha value is -0.670. The molecule has 2 bridgehead atoms. The fourth-order valence-electron chi connectivity index (χ4n) is 4.17. The second-order valence-corrected chi connectivity index (χ2v) is 6.71. The second-order valence-electron chi connectivity index (χ2n) is 6.30. The third kappa shape index (κ3) is 2.58. The summed E-state index contributed by atoms with van der Waals surface area (Å²) in [5.41, 5.74) is 0.400. The molecular formula is C16H20ClF2N. The van der Waals surface area contributed by atoms with E-state index in [9.17, 15) is 8.78 Å². The van der Waals surface area contributed by atoms with E-state index in [0.29, 0.717) is 11.5 Å². The molecule has 0 radical (unpaired) electrons. The lowest BCUT2D eigenvalue weighted by atomic mass is 9.82. The second kappa shape index (κ2) is 5.61. The van der Waals surface area contributed by atoms with Crippen molar-refractivity contribution in [3.8, 4) is 0 Å². The van der Waals surface area contributed by atoms with Gasteiger partial charge in [0.25, 0.3) is 0 Å². The molecule has 0 aliphatic heterocycles. The van der Waals surface area contributed by atoms with Gasteiger partial charge in [0.15, 0.2) is 0 Å². The molecule has 0 heterocycles. The maximum Gasteiger partial charge on any atom is 0.142 e. The minimum atomic E-state index is -0.545. The SMILES string of the molecule is CNC(CC1CC2CCC1C2)c1cc(F)c(Cl)cc1F. The highest BCUT2D eigenvalue weighted by Crippen LogP contribution is 2.51. The first-order valence-electron chi connectivity index (χ1n) is 7.40. The Labute approximate surface area is 123 Å². The Kier molecular flexibility index (Phi) is 4.00. The van der Waals surface area contributed by atoms with Crippen LogP contribution >= 0.6 is 11.6 Å². The van der Waals surface area contributed by atoms with E-state index >= 15 is 0 Å². The average molecular weight is 300 g/mol. The van der Waals surface area contributed by atoms with Crippen LogP contribution in [0.5, 0.6) is 0 Å². The van der Waals surface area contributed by atoms with Gasteiger partial charge in [0.05, 0.1) is 5.02 Å². The van der Waals surface area contributed by atoms with Crippen molar-refractivity contribution in [3.63, 3.8) is 0 Å². The van der Waals surface area contributed by atoms with E-state index in [2.05, 4.69) is 5.32 Å². The zero-order chi connectivity index (χ0) is 14.3. The van der Waals surface area contributed by atoms with Gasteiger partial charge >= 0.3 is 0 Å². The Morgan fingerprint density at radius 1 is 1.25 bits per heavy atom. The molecule has 2 aliphatic carbocycles. The summed E-state index contributed by atoms with van der Waals surface area (Å²) in [6, 6.07) is 2.19. The van der Waals surface area contributed by atoms with Crippen molar-refractivity contribution in [3.05, 3.63) is 34.4 Å². The number of benzene rings is 1. The minimum absolute atomic E-state index is 0.133. The lowest BCUT2D eigenvalue weighted by molar-refractivity contribution is 0.281. The normalized spacial score (nSPS) is 29.9. The van der Waals surface area contributed by atoms with Crippen molar-refractivity contribution < 1.29 is 8.78 Å². The molecule has 0 spiro atoms. The number of hydrogen-bond donors (Lipinski definition) is 1. The summed E-state index contributed by atoms with van der Waals surface area (Å²) in [6.07, 6.45) is 6.13. The van der Waals surface area contributed by atoms with E-state index in [-0.39, 0.29) is 11.1 Å². The Morgan fingerprint density at radius 3 is 2.65 bits per heavy atom. The van der Waals surface area contributed by atoms with Crippen LogP contribution in [-0.2, 0) is 0 Å². The molecule has 2 fully saturated rings. The zero-order valence-corrected chi connectivity index (χ0v) is 12.4. The lowest BCUT2D eigenvalue weighted by Gasteiger charge is -2.27. The van der Waals surface area contributed by atoms with Crippen LogP contribution in [0.3, 0.4) is 0 Å². The molecule has 3 rings (SSSR count). The Balaban J connectivity index is 1.78. The third-order valence-electron chi connectivity index (χ3n) is 5.19. The van der Waals surface area contributed by atoms with E-state index in [0.717, 1.165) is 24.3 Å². The van der Waals surface area contributed by atoms with Gasteiger partial charge in [-0.2, -0.15) is 0 Å². The van der Waals surface area contributed by atoms with Gasteiger partial charge in [0, 0.05) is 11.6 Å². The quantitative estimate of drug-likeness (QED) is 0.794. The van der Waals surface area contributed by atoms with Gasteiger partial charge in [-0.05, 0) is 62.6 Å². The summed E-state index contributed by atoms with van der Waals surface area (Å²) in [7, 11) is 1.81. The smallest absolute Gasteiger partial charge is 0.142 e. The molecule has 4 heteroatoms. The van der Waals surface area contributed by atoms with E-state index in [4.69, 9.17) is 11.6 Å². The molecule has 4 unspecified atom stereocenters. The zero-order valence-electron chi connectivity index (χ0n) is 11.6. The molecule has 1 nitrogen and oxygen atoms in total. The van der Waals surface area contributed by atoms with Gasteiger partial charge in [-0.1, -0.05) is 18.0 Å². The maximum absolute atomic E-state index is 14.0. The first kappa shape index (κ1) is 14.3. The van der Waals surface area contributed by atoms with Crippen molar-refractivity contribution in [2.45, 2.75) is 38.1 Å². The van der Waals surface area contributed by atoms with Crippen LogP contribution in [0.4, 0.5) is 8.78 Å². The van der Waals surface area contributed by atoms with Gasteiger partial charge < -0.3 is 5.32 Å². The predicted molar refractivity (Wildman–Crippen MR) is 76.7 cm³/mol. The van der Waals surface area contributed by atoms with E-state index in [1.54, 1.807) is 0 Å². The Bertz CT molecular complexity index is 505. The van der Waals surface area contributed by atoms with E-state index in [1.165, 1.54) is 31.7 Å². The lowest BCUT2D eigenvalue weighted by Crippen LogP contribution is -2.23. The third-order valence-corrected chi connectivity index (χ3v) is 5.48. The molecule has 1 aromatic rings. The summed E-state index contributed by atoms with van der Waals surface area (Å²) in [6.45, 7) is 0. The van der Waals surface area contributed by atoms with Crippen LogP contribution in [0.15, 0.2) is 12.1 Å². The molecule has 0 saturated heterocycles. The number of fused-ring (bicyclic) bond motifs is 2. The summed E-state index contributed by atoms with van der Waals surface area (Å²) in [4.78, 5) is 0. The van der Waals surface area contributed by atoms with Gasteiger partial charge in [-0.25, -0.2) is 8.78 Å². The van der Waals surface area contributed by atoms with Gasteiger partial charge in [0.2, 0.25) is 0 Å². The topological polar surface area (TPSA) is 12.0 Å². The number of nitrogens with one attached hydrogen (secondary N) is 1. The molecule has 0 aromatic heterocycles.